The Balaban J connectivity index is 2.52. The van der Waals surface area contributed by atoms with Gasteiger partial charge >= 0.3 is 0 Å². The first-order chi connectivity index (χ1) is 8.11. The van der Waals surface area contributed by atoms with E-state index in [-0.39, 0.29) is 17.7 Å². The topological polar surface area (TPSA) is 56.0 Å². The maximum Gasteiger partial charge on any atom is 0.167 e. The predicted molar refractivity (Wildman–Crippen MR) is 68.9 cm³/mol. The smallest absolute Gasteiger partial charge is 0.167 e. The zero-order valence-corrected chi connectivity index (χ0v) is 10.1. The van der Waals surface area contributed by atoms with Gasteiger partial charge in [0.2, 0.25) is 0 Å². The van der Waals surface area contributed by atoms with Crippen molar-refractivity contribution in [3.63, 3.8) is 0 Å². The molecular weight excluding hydrogens is 212 g/mol. The summed E-state index contributed by atoms with van der Waals surface area (Å²) in [6.45, 7) is 3.72. The van der Waals surface area contributed by atoms with Gasteiger partial charge in [0, 0.05) is 35.3 Å². The second-order valence-corrected chi connectivity index (χ2v) is 4.41. The van der Waals surface area contributed by atoms with Crippen LogP contribution in [0.3, 0.4) is 0 Å². The molecule has 1 aromatic carbocycles. The summed E-state index contributed by atoms with van der Waals surface area (Å²) in [5, 5.41) is 1.93. The summed E-state index contributed by atoms with van der Waals surface area (Å²) in [6.07, 6.45) is 3.47. The first kappa shape index (κ1) is 11.7. The maximum atomic E-state index is 12.3. The van der Waals surface area contributed by atoms with Gasteiger partial charge < -0.3 is 5.73 Å². The van der Waals surface area contributed by atoms with Gasteiger partial charge in [0.25, 0.3) is 0 Å². The fourth-order valence-corrected chi connectivity index (χ4v) is 1.82. The number of pyridine rings is 1. The van der Waals surface area contributed by atoms with Gasteiger partial charge in [-0.15, -0.1) is 0 Å². The predicted octanol–water partition coefficient (Wildman–Crippen LogP) is 2.40. The van der Waals surface area contributed by atoms with E-state index in [1.807, 2.05) is 38.1 Å². The van der Waals surface area contributed by atoms with Gasteiger partial charge in [0.1, 0.15) is 0 Å². The largest absolute Gasteiger partial charge is 0.327 e. The Hall–Kier alpha value is -1.74. The third-order valence-electron chi connectivity index (χ3n) is 3.15. The van der Waals surface area contributed by atoms with Crippen molar-refractivity contribution < 1.29 is 4.79 Å². The number of nitrogens with two attached hydrogens (primary N) is 1. The molecule has 2 aromatic rings. The number of nitrogens with zero attached hydrogens (tertiary/aromatic N) is 1. The van der Waals surface area contributed by atoms with Crippen LogP contribution in [0.4, 0.5) is 0 Å². The normalized spacial score (nSPS) is 14.5. The Bertz CT molecular complexity index is 543. The van der Waals surface area contributed by atoms with Gasteiger partial charge in [-0.1, -0.05) is 25.1 Å². The number of carbonyl (C=O) groups is 1. The Morgan fingerprint density at radius 1 is 1.29 bits per heavy atom. The average molecular weight is 228 g/mol. The Labute approximate surface area is 101 Å². The highest BCUT2D eigenvalue weighted by Gasteiger charge is 2.20. The molecule has 0 bridgehead atoms. The fraction of sp³-hybridized carbons (Fsp3) is 0.286. The van der Waals surface area contributed by atoms with Crippen LogP contribution in [0.1, 0.15) is 24.2 Å². The van der Waals surface area contributed by atoms with E-state index in [2.05, 4.69) is 4.98 Å². The van der Waals surface area contributed by atoms with Gasteiger partial charge in [-0.3, -0.25) is 9.78 Å². The van der Waals surface area contributed by atoms with Crippen molar-refractivity contribution in [3.05, 3.63) is 42.2 Å². The van der Waals surface area contributed by atoms with Crippen LogP contribution in [0.25, 0.3) is 10.8 Å². The number of rotatable bonds is 3. The molecule has 2 atom stereocenters. The summed E-state index contributed by atoms with van der Waals surface area (Å²) < 4.78 is 0. The van der Waals surface area contributed by atoms with Crippen molar-refractivity contribution in [1.82, 2.24) is 4.98 Å². The number of benzene rings is 1. The first-order valence-electron chi connectivity index (χ1n) is 5.74. The van der Waals surface area contributed by atoms with Gasteiger partial charge in [0.05, 0.1) is 0 Å². The SMILES string of the molecule is CC(N)C(C)C(=O)c1cccc2cnccc12. The lowest BCUT2D eigenvalue weighted by Gasteiger charge is -2.15. The monoisotopic (exact) mass is 228 g/mol. The number of aromatic nitrogens is 1. The van der Waals surface area contributed by atoms with Crippen LogP contribution in [0.15, 0.2) is 36.7 Å². The van der Waals surface area contributed by atoms with E-state index in [1.54, 1.807) is 12.4 Å². The minimum absolute atomic E-state index is 0.0943. The summed E-state index contributed by atoms with van der Waals surface area (Å²) in [4.78, 5) is 16.4. The van der Waals surface area contributed by atoms with E-state index in [4.69, 9.17) is 5.73 Å². The zero-order valence-electron chi connectivity index (χ0n) is 10.1. The van der Waals surface area contributed by atoms with Crippen molar-refractivity contribution in [2.24, 2.45) is 11.7 Å². The van der Waals surface area contributed by atoms with Crippen LogP contribution in [-0.2, 0) is 0 Å². The first-order valence-corrected chi connectivity index (χ1v) is 5.74. The minimum atomic E-state index is -0.172. The lowest BCUT2D eigenvalue weighted by molar-refractivity contribution is 0.0919. The summed E-state index contributed by atoms with van der Waals surface area (Å²) >= 11 is 0. The molecule has 0 spiro atoms. The molecule has 0 aliphatic rings. The molecule has 0 aliphatic carbocycles. The van der Waals surface area contributed by atoms with Crippen molar-refractivity contribution in [2.75, 3.05) is 0 Å². The standard InChI is InChI=1S/C14H16N2O/c1-9(10(2)15)14(17)13-5-3-4-11-8-16-7-6-12(11)13/h3-10H,15H2,1-2H3. The molecule has 1 heterocycles. The summed E-state index contributed by atoms with van der Waals surface area (Å²) in [7, 11) is 0. The number of carbonyl (C=O) groups excluding carboxylic acids is 1. The average Bonchev–Trinajstić information content (AvgIpc) is 2.36. The molecule has 0 aliphatic heterocycles. The van der Waals surface area contributed by atoms with Gasteiger partial charge in [-0.05, 0) is 18.4 Å². The molecule has 0 saturated carbocycles. The molecule has 1 aromatic heterocycles. The van der Waals surface area contributed by atoms with Crippen LogP contribution >= 0.6 is 0 Å². The lowest BCUT2D eigenvalue weighted by Crippen LogP contribution is -2.30. The van der Waals surface area contributed by atoms with Crippen LogP contribution in [-0.4, -0.2) is 16.8 Å². The zero-order chi connectivity index (χ0) is 12.4. The molecular formula is C14H16N2O. The van der Waals surface area contributed by atoms with Crippen molar-refractivity contribution in [3.8, 4) is 0 Å². The van der Waals surface area contributed by atoms with Crippen molar-refractivity contribution in [2.45, 2.75) is 19.9 Å². The van der Waals surface area contributed by atoms with E-state index in [0.717, 1.165) is 16.3 Å². The second kappa shape index (κ2) is 4.63. The quantitative estimate of drug-likeness (QED) is 0.821. The van der Waals surface area contributed by atoms with Gasteiger partial charge in [-0.25, -0.2) is 0 Å². The van der Waals surface area contributed by atoms with Gasteiger partial charge in [0.15, 0.2) is 5.78 Å². The number of hydrogen-bond acceptors (Lipinski definition) is 3. The highest BCUT2D eigenvalue weighted by molar-refractivity contribution is 6.09. The van der Waals surface area contributed by atoms with Crippen LogP contribution in [0, 0.1) is 5.92 Å². The van der Waals surface area contributed by atoms with Crippen LogP contribution in [0.5, 0.6) is 0 Å². The molecule has 17 heavy (non-hydrogen) atoms. The van der Waals surface area contributed by atoms with Crippen LogP contribution in [0.2, 0.25) is 0 Å². The molecule has 0 saturated heterocycles. The molecule has 2 N–H and O–H groups in total. The van der Waals surface area contributed by atoms with Crippen molar-refractivity contribution >= 4 is 16.6 Å². The number of Topliss-reactive ketones (excluding diaryl/α,β-unsaturated/α-hetero) is 1. The van der Waals surface area contributed by atoms with Crippen molar-refractivity contribution in [1.29, 1.82) is 0 Å². The van der Waals surface area contributed by atoms with E-state index in [1.165, 1.54) is 0 Å². The lowest BCUT2D eigenvalue weighted by atomic mass is 9.91. The third-order valence-corrected chi connectivity index (χ3v) is 3.15. The molecule has 3 nitrogen and oxygen atoms in total. The molecule has 0 radical (unpaired) electrons. The summed E-state index contributed by atoms with van der Waals surface area (Å²) in [6, 6.07) is 7.42. The van der Waals surface area contributed by atoms with E-state index in [9.17, 15) is 4.79 Å². The number of ketones is 1. The fourth-order valence-electron chi connectivity index (χ4n) is 1.82. The van der Waals surface area contributed by atoms with E-state index >= 15 is 0 Å². The van der Waals surface area contributed by atoms with Crippen LogP contribution < -0.4 is 5.73 Å². The summed E-state index contributed by atoms with van der Waals surface area (Å²) in [5.74, 6) is -0.0782. The Kier molecular flexibility index (Phi) is 3.20. The number of hydrogen-bond donors (Lipinski definition) is 1. The Morgan fingerprint density at radius 3 is 2.76 bits per heavy atom. The molecule has 2 rings (SSSR count). The minimum Gasteiger partial charge on any atom is -0.327 e. The third kappa shape index (κ3) is 2.19. The highest BCUT2D eigenvalue weighted by Crippen LogP contribution is 2.21. The second-order valence-electron chi connectivity index (χ2n) is 4.41. The molecule has 3 heteroatoms. The van der Waals surface area contributed by atoms with E-state index < -0.39 is 0 Å². The molecule has 88 valence electrons. The maximum absolute atomic E-state index is 12.3. The Morgan fingerprint density at radius 2 is 2.06 bits per heavy atom. The molecule has 0 amide bonds. The number of fused-ring (bicyclic) bond motifs is 1. The molecule has 2 unspecified atom stereocenters. The van der Waals surface area contributed by atoms with Gasteiger partial charge in [-0.2, -0.15) is 0 Å². The highest BCUT2D eigenvalue weighted by atomic mass is 16.1. The molecule has 0 fully saturated rings. The summed E-state index contributed by atoms with van der Waals surface area (Å²) in [5.41, 5.74) is 6.52. The van der Waals surface area contributed by atoms with E-state index in [0.29, 0.717) is 0 Å².